The Morgan fingerprint density at radius 1 is 1.43 bits per heavy atom. The molecule has 0 aliphatic heterocycles. The van der Waals surface area contributed by atoms with Gasteiger partial charge in [0.25, 0.3) is 5.56 Å². The fourth-order valence-electron chi connectivity index (χ4n) is 2.41. The number of carbonyl (C=O) groups is 1. The summed E-state index contributed by atoms with van der Waals surface area (Å²) in [5, 5.41) is 17.6. The lowest BCUT2D eigenvalue weighted by Gasteiger charge is -2.09. The minimum atomic E-state index is -1.08. The van der Waals surface area contributed by atoms with Crippen molar-refractivity contribution in [3.8, 4) is 0 Å². The number of carboxylic acid groups (broad SMARTS) is 1. The number of hydrogen-bond donors (Lipinski definition) is 1. The third kappa shape index (κ3) is 2.68. The van der Waals surface area contributed by atoms with Gasteiger partial charge in [0, 0.05) is 12.3 Å². The van der Waals surface area contributed by atoms with Crippen LogP contribution in [0.4, 0.5) is 0 Å². The van der Waals surface area contributed by atoms with Crippen LogP contribution in [0.3, 0.4) is 0 Å². The summed E-state index contributed by atoms with van der Waals surface area (Å²) in [6, 6.07) is 1.78. The summed E-state index contributed by atoms with van der Waals surface area (Å²) in [5.74, 6) is 0.327. The largest absolute Gasteiger partial charge is 0.480 e. The van der Waals surface area contributed by atoms with Gasteiger partial charge in [-0.05, 0) is 24.8 Å². The molecule has 1 aliphatic carbocycles. The van der Waals surface area contributed by atoms with Gasteiger partial charge in [0.05, 0.1) is 5.69 Å². The van der Waals surface area contributed by atoms with Crippen LogP contribution in [0.5, 0.6) is 0 Å². The molecule has 0 amide bonds. The lowest BCUT2D eigenvalue weighted by molar-refractivity contribution is -0.138. The average Bonchev–Trinajstić information content (AvgIpc) is 3.13. The number of aromatic nitrogens is 4. The molecule has 1 N–H and O–H groups in total. The van der Waals surface area contributed by atoms with Crippen molar-refractivity contribution in [1.29, 1.82) is 0 Å². The maximum Gasteiger partial charge on any atom is 0.325 e. The van der Waals surface area contributed by atoms with E-state index in [1.807, 2.05) is 13.8 Å². The zero-order valence-electron chi connectivity index (χ0n) is 12.1. The van der Waals surface area contributed by atoms with Gasteiger partial charge in [0.2, 0.25) is 0 Å². The first kappa shape index (κ1) is 13.8. The van der Waals surface area contributed by atoms with Crippen LogP contribution in [0, 0.1) is 5.92 Å². The van der Waals surface area contributed by atoms with Crippen LogP contribution in [0.15, 0.2) is 10.9 Å². The molecule has 2 heterocycles. The molecular formula is C14H18N4O3. The Morgan fingerprint density at radius 3 is 2.71 bits per heavy atom. The predicted octanol–water partition coefficient (Wildman–Crippen LogP) is 1.05. The van der Waals surface area contributed by atoms with E-state index in [2.05, 4.69) is 10.2 Å². The van der Waals surface area contributed by atoms with Gasteiger partial charge in [-0.15, -0.1) is 0 Å². The fourth-order valence-corrected chi connectivity index (χ4v) is 2.41. The predicted molar refractivity (Wildman–Crippen MR) is 75.4 cm³/mol. The molecule has 1 aliphatic rings. The van der Waals surface area contributed by atoms with Crippen LogP contribution in [-0.2, 0) is 17.8 Å². The molecule has 2 aromatic heterocycles. The van der Waals surface area contributed by atoms with E-state index in [0.717, 1.165) is 23.2 Å². The standard InChI is InChI=1S/C14H18N4O3/c1-8(2)5-12-16-17(7-13(19)20)14(21)11-6-10(9-3-4-9)15-18(11)12/h6,8-9H,3-5,7H2,1-2H3,(H,19,20). The molecule has 1 fully saturated rings. The number of rotatable bonds is 5. The van der Waals surface area contributed by atoms with Crippen molar-refractivity contribution in [2.75, 3.05) is 0 Å². The molecular weight excluding hydrogens is 272 g/mol. The van der Waals surface area contributed by atoms with E-state index in [4.69, 9.17) is 5.11 Å². The van der Waals surface area contributed by atoms with Gasteiger partial charge in [0.1, 0.15) is 12.1 Å². The molecule has 0 saturated heterocycles. The van der Waals surface area contributed by atoms with Gasteiger partial charge >= 0.3 is 5.97 Å². The molecule has 112 valence electrons. The summed E-state index contributed by atoms with van der Waals surface area (Å²) in [4.78, 5) is 23.2. The maximum absolute atomic E-state index is 12.3. The lowest BCUT2D eigenvalue weighted by Crippen LogP contribution is -2.30. The van der Waals surface area contributed by atoms with Crippen molar-refractivity contribution in [2.24, 2.45) is 5.92 Å². The van der Waals surface area contributed by atoms with Gasteiger partial charge in [-0.3, -0.25) is 9.59 Å². The van der Waals surface area contributed by atoms with Crippen molar-refractivity contribution in [2.45, 2.75) is 45.6 Å². The Hall–Kier alpha value is -2.18. The molecule has 0 unspecified atom stereocenters. The zero-order chi connectivity index (χ0) is 15.1. The SMILES string of the molecule is CC(C)Cc1nn(CC(=O)O)c(=O)c2cc(C3CC3)nn12. The maximum atomic E-state index is 12.3. The molecule has 7 heteroatoms. The second-order valence-corrected chi connectivity index (χ2v) is 6.01. The normalized spacial score (nSPS) is 15.0. The topological polar surface area (TPSA) is 89.5 Å². The molecule has 0 atom stereocenters. The summed E-state index contributed by atoms with van der Waals surface area (Å²) in [5.41, 5.74) is 0.931. The fraction of sp³-hybridized carbons (Fsp3) is 0.571. The molecule has 7 nitrogen and oxygen atoms in total. The van der Waals surface area contributed by atoms with E-state index < -0.39 is 18.1 Å². The number of fused-ring (bicyclic) bond motifs is 1. The van der Waals surface area contributed by atoms with Crippen LogP contribution in [-0.4, -0.2) is 30.5 Å². The molecule has 21 heavy (non-hydrogen) atoms. The van der Waals surface area contributed by atoms with Crippen LogP contribution in [0.25, 0.3) is 5.52 Å². The monoisotopic (exact) mass is 290 g/mol. The molecule has 3 rings (SSSR count). The minimum absolute atomic E-state index is 0.338. The lowest BCUT2D eigenvalue weighted by atomic mass is 10.1. The third-order valence-electron chi connectivity index (χ3n) is 3.53. The second kappa shape index (κ2) is 4.98. The van der Waals surface area contributed by atoms with Crippen LogP contribution in [0.1, 0.15) is 44.1 Å². The quantitative estimate of drug-likeness (QED) is 0.889. The van der Waals surface area contributed by atoms with Crippen molar-refractivity contribution >= 4 is 11.5 Å². The first-order chi connectivity index (χ1) is 9.95. The number of nitrogens with zero attached hydrogens (tertiary/aromatic N) is 4. The van der Waals surface area contributed by atoms with Gasteiger partial charge in [0.15, 0.2) is 5.82 Å². The number of aliphatic carboxylic acids is 1. The van der Waals surface area contributed by atoms with Crippen molar-refractivity contribution in [3.05, 3.63) is 27.9 Å². The van der Waals surface area contributed by atoms with Gasteiger partial charge < -0.3 is 5.11 Å². The van der Waals surface area contributed by atoms with Gasteiger partial charge in [-0.1, -0.05) is 13.8 Å². The van der Waals surface area contributed by atoms with E-state index in [9.17, 15) is 9.59 Å². The van der Waals surface area contributed by atoms with Gasteiger partial charge in [-0.2, -0.15) is 10.2 Å². The minimum Gasteiger partial charge on any atom is -0.480 e. The molecule has 0 bridgehead atoms. The summed E-state index contributed by atoms with van der Waals surface area (Å²) < 4.78 is 2.61. The first-order valence-corrected chi connectivity index (χ1v) is 7.17. The Balaban J connectivity index is 2.18. The second-order valence-electron chi connectivity index (χ2n) is 6.01. The zero-order valence-corrected chi connectivity index (χ0v) is 12.1. The first-order valence-electron chi connectivity index (χ1n) is 7.17. The Kier molecular flexibility index (Phi) is 3.27. The summed E-state index contributed by atoms with van der Waals surface area (Å²) in [7, 11) is 0. The van der Waals surface area contributed by atoms with Gasteiger partial charge in [-0.25, -0.2) is 9.20 Å². The van der Waals surface area contributed by atoms with E-state index in [1.54, 1.807) is 10.6 Å². The molecule has 0 radical (unpaired) electrons. The van der Waals surface area contributed by atoms with Crippen LogP contribution >= 0.6 is 0 Å². The smallest absolute Gasteiger partial charge is 0.325 e. The van der Waals surface area contributed by atoms with Crippen LogP contribution < -0.4 is 5.56 Å². The van der Waals surface area contributed by atoms with Crippen LogP contribution in [0.2, 0.25) is 0 Å². The van der Waals surface area contributed by atoms with E-state index in [-0.39, 0.29) is 0 Å². The summed E-state index contributed by atoms with van der Waals surface area (Å²) >= 11 is 0. The van der Waals surface area contributed by atoms with E-state index in [0.29, 0.717) is 29.6 Å². The molecule has 1 saturated carbocycles. The van der Waals surface area contributed by atoms with Crippen molar-refractivity contribution in [1.82, 2.24) is 19.4 Å². The Labute approximate surface area is 121 Å². The van der Waals surface area contributed by atoms with E-state index >= 15 is 0 Å². The highest BCUT2D eigenvalue weighted by atomic mass is 16.4. The highest BCUT2D eigenvalue weighted by molar-refractivity contribution is 5.66. The molecule has 2 aromatic rings. The van der Waals surface area contributed by atoms with Crippen molar-refractivity contribution in [3.63, 3.8) is 0 Å². The van der Waals surface area contributed by atoms with Crippen molar-refractivity contribution < 1.29 is 9.90 Å². The summed E-state index contributed by atoms with van der Waals surface area (Å²) in [6.45, 7) is 3.67. The average molecular weight is 290 g/mol. The third-order valence-corrected chi connectivity index (χ3v) is 3.53. The Bertz CT molecular complexity index is 755. The van der Waals surface area contributed by atoms with E-state index in [1.165, 1.54) is 0 Å². The highest BCUT2D eigenvalue weighted by Gasteiger charge is 2.28. The Morgan fingerprint density at radius 2 is 2.14 bits per heavy atom. The number of hydrogen-bond acceptors (Lipinski definition) is 4. The summed E-state index contributed by atoms with van der Waals surface area (Å²) in [6.07, 6.45) is 2.84. The molecule has 0 spiro atoms. The number of carboxylic acids is 1. The molecule has 0 aromatic carbocycles. The highest BCUT2D eigenvalue weighted by Crippen LogP contribution is 2.39.